The van der Waals surface area contributed by atoms with Gasteiger partial charge in [0.25, 0.3) is 5.78 Å². The molecular formula is C10H9F3O2. The summed E-state index contributed by atoms with van der Waals surface area (Å²) in [4.78, 5) is 11.0. The minimum absolute atomic E-state index is 0.120. The van der Waals surface area contributed by atoms with E-state index in [9.17, 15) is 18.0 Å². The standard InChI is InChI=1S/C10H9F3O2/c1-5-3-7(14)4-6(2)8(5)9(15)10(11,12)13/h3-4,14H,1-2H3. The van der Waals surface area contributed by atoms with Gasteiger partial charge in [-0.15, -0.1) is 0 Å². The molecule has 1 aromatic rings. The molecule has 0 spiro atoms. The Balaban J connectivity index is 3.33. The van der Waals surface area contributed by atoms with Crippen molar-refractivity contribution in [1.82, 2.24) is 0 Å². The van der Waals surface area contributed by atoms with Crippen molar-refractivity contribution in [3.8, 4) is 5.75 Å². The highest BCUT2D eigenvalue weighted by atomic mass is 19.4. The van der Waals surface area contributed by atoms with Crippen LogP contribution < -0.4 is 0 Å². The van der Waals surface area contributed by atoms with Crippen LogP contribution in [-0.2, 0) is 0 Å². The highest BCUT2D eigenvalue weighted by Crippen LogP contribution is 2.28. The van der Waals surface area contributed by atoms with Crippen LogP contribution in [0.1, 0.15) is 21.5 Å². The van der Waals surface area contributed by atoms with Crippen LogP contribution in [0.2, 0.25) is 0 Å². The minimum atomic E-state index is -4.88. The van der Waals surface area contributed by atoms with Gasteiger partial charge in [-0.05, 0) is 37.1 Å². The Morgan fingerprint density at radius 2 is 1.60 bits per heavy atom. The fraction of sp³-hybridized carbons (Fsp3) is 0.300. The van der Waals surface area contributed by atoms with Crippen LogP contribution in [0.5, 0.6) is 5.75 Å². The molecule has 0 unspecified atom stereocenters. The van der Waals surface area contributed by atoms with Crippen LogP contribution in [0, 0.1) is 13.8 Å². The first kappa shape index (κ1) is 11.6. The summed E-state index contributed by atoms with van der Waals surface area (Å²) in [5.74, 6) is -2.03. The zero-order valence-electron chi connectivity index (χ0n) is 8.14. The van der Waals surface area contributed by atoms with Crippen LogP contribution in [-0.4, -0.2) is 17.1 Å². The van der Waals surface area contributed by atoms with Crippen molar-refractivity contribution in [2.45, 2.75) is 20.0 Å². The second-order valence-electron chi connectivity index (χ2n) is 3.28. The molecule has 2 nitrogen and oxygen atoms in total. The van der Waals surface area contributed by atoms with Crippen molar-refractivity contribution < 1.29 is 23.1 Å². The van der Waals surface area contributed by atoms with Crippen LogP contribution >= 0.6 is 0 Å². The van der Waals surface area contributed by atoms with E-state index in [-0.39, 0.29) is 22.4 Å². The predicted molar refractivity (Wildman–Crippen MR) is 48.0 cm³/mol. The second kappa shape index (κ2) is 3.56. The third-order valence-electron chi connectivity index (χ3n) is 2.00. The van der Waals surface area contributed by atoms with E-state index >= 15 is 0 Å². The third kappa shape index (κ3) is 2.29. The molecule has 0 atom stereocenters. The number of phenols is 1. The summed E-state index contributed by atoms with van der Waals surface area (Å²) in [5, 5.41) is 9.11. The molecule has 0 saturated heterocycles. The van der Waals surface area contributed by atoms with Gasteiger partial charge >= 0.3 is 6.18 Å². The van der Waals surface area contributed by atoms with E-state index in [1.54, 1.807) is 0 Å². The van der Waals surface area contributed by atoms with Gasteiger partial charge in [0, 0.05) is 5.56 Å². The smallest absolute Gasteiger partial charge is 0.454 e. The minimum Gasteiger partial charge on any atom is -0.508 e. The van der Waals surface area contributed by atoms with Gasteiger partial charge in [-0.1, -0.05) is 0 Å². The number of ketones is 1. The summed E-state index contributed by atoms with van der Waals surface area (Å²) in [5.41, 5.74) is -0.148. The Labute approximate surface area is 84.3 Å². The number of hydrogen-bond donors (Lipinski definition) is 1. The number of Topliss-reactive ketones (excluding diaryl/α,β-unsaturated/α-hetero) is 1. The normalized spacial score (nSPS) is 11.5. The van der Waals surface area contributed by atoms with Crippen LogP contribution in [0.15, 0.2) is 12.1 Å². The van der Waals surface area contributed by atoms with E-state index in [1.165, 1.54) is 13.8 Å². The molecule has 0 bridgehead atoms. The van der Waals surface area contributed by atoms with Crippen molar-refractivity contribution >= 4 is 5.78 Å². The summed E-state index contributed by atoms with van der Waals surface area (Å²) in [6.45, 7) is 2.71. The number of aryl methyl sites for hydroxylation is 2. The lowest BCUT2D eigenvalue weighted by molar-refractivity contribution is -0.0886. The largest absolute Gasteiger partial charge is 0.508 e. The van der Waals surface area contributed by atoms with Crippen molar-refractivity contribution in [1.29, 1.82) is 0 Å². The topological polar surface area (TPSA) is 37.3 Å². The Kier molecular flexibility index (Phi) is 2.75. The molecule has 0 fully saturated rings. The summed E-state index contributed by atoms with van der Waals surface area (Å²) in [6, 6.07) is 2.26. The fourth-order valence-electron chi connectivity index (χ4n) is 1.44. The van der Waals surface area contributed by atoms with E-state index < -0.39 is 12.0 Å². The Bertz CT molecular complexity index is 385. The van der Waals surface area contributed by atoms with E-state index in [1.807, 2.05) is 0 Å². The average Bonchev–Trinajstić information content (AvgIpc) is 1.99. The SMILES string of the molecule is Cc1cc(O)cc(C)c1C(=O)C(F)(F)F. The number of benzene rings is 1. The first-order valence-corrected chi connectivity index (χ1v) is 4.15. The first-order valence-electron chi connectivity index (χ1n) is 4.15. The average molecular weight is 218 g/mol. The van der Waals surface area contributed by atoms with Crippen LogP contribution in [0.4, 0.5) is 13.2 Å². The molecular weight excluding hydrogens is 209 g/mol. The number of alkyl halides is 3. The Morgan fingerprint density at radius 1 is 1.20 bits per heavy atom. The van der Waals surface area contributed by atoms with Gasteiger partial charge in [-0.25, -0.2) is 0 Å². The summed E-state index contributed by atoms with van der Waals surface area (Å²) < 4.78 is 36.6. The number of aromatic hydroxyl groups is 1. The molecule has 0 aliphatic carbocycles. The highest BCUT2D eigenvalue weighted by Gasteiger charge is 2.40. The lowest BCUT2D eigenvalue weighted by Gasteiger charge is -2.11. The quantitative estimate of drug-likeness (QED) is 0.736. The van der Waals surface area contributed by atoms with E-state index in [2.05, 4.69) is 0 Å². The van der Waals surface area contributed by atoms with Crippen LogP contribution in [0.25, 0.3) is 0 Å². The molecule has 0 amide bonds. The summed E-state index contributed by atoms with van der Waals surface area (Å²) >= 11 is 0. The van der Waals surface area contributed by atoms with Gasteiger partial charge in [0.2, 0.25) is 0 Å². The van der Waals surface area contributed by atoms with Gasteiger partial charge in [0.05, 0.1) is 0 Å². The first-order chi connectivity index (χ1) is 6.73. The molecule has 5 heteroatoms. The lowest BCUT2D eigenvalue weighted by atomic mass is 9.98. The molecule has 1 N–H and O–H groups in total. The predicted octanol–water partition coefficient (Wildman–Crippen LogP) is 2.75. The van der Waals surface area contributed by atoms with Gasteiger partial charge in [0.1, 0.15) is 5.75 Å². The van der Waals surface area contributed by atoms with Gasteiger partial charge < -0.3 is 5.11 Å². The molecule has 0 aromatic heterocycles. The molecule has 0 heterocycles. The van der Waals surface area contributed by atoms with E-state index in [0.717, 1.165) is 12.1 Å². The molecule has 0 aliphatic heterocycles. The van der Waals surface area contributed by atoms with Gasteiger partial charge in [-0.2, -0.15) is 13.2 Å². The zero-order chi connectivity index (χ0) is 11.8. The Hall–Kier alpha value is -1.52. The number of phenolic OH excluding ortho intramolecular Hbond substituents is 1. The second-order valence-corrected chi connectivity index (χ2v) is 3.28. The maximum absolute atomic E-state index is 12.2. The van der Waals surface area contributed by atoms with Crippen molar-refractivity contribution in [2.75, 3.05) is 0 Å². The molecule has 0 radical (unpaired) electrons. The number of carbonyl (C=O) groups excluding carboxylic acids is 1. The molecule has 1 aromatic carbocycles. The van der Waals surface area contributed by atoms with Crippen molar-refractivity contribution in [3.05, 3.63) is 28.8 Å². The lowest BCUT2D eigenvalue weighted by Crippen LogP contribution is -2.24. The molecule has 0 aliphatic rings. The third-order valence-corrected chi connectivity index (χ3v) is 2.00. The maximum atomic E-state index is 12.2. The maximum Gasteiger partial charge on any atom is 0.454 e. The molecule has 15 heavy (non-hydrogen) atoms. The van der Waals surface area contributed by atoms with Crippen LogP contribution in [0.3, 0.4) is 0 Å². The number of rotatable bonds is 1. The van der Waals surface area contributed by atoms with E-state index in [4.69, 9.17) is 5.11 Å². The molecule has 0 saturated carbocycles. The van der Waals surface area contributed by atoms with E-state index in [0.29, 0.717) is 0 Å². The summed E-state index contributed by atoms with van der Waals surface area (Å²) in [7, 11) is 0. The number of carbonyl (C=O) groups is 1. The molecule has 1 rings (SSSR count). The number of halogens is 3. The number of hydrogen-bond acceptors (Lipinski definition) is 2. The highest BCUT2D eigenvalue weighted by molar-refractivity contribution is 6.02. The zero-order valence-corrected chi connectivity index (χ0v) is 8.14. The van der Waals surface area contributed by atoms with Gasteiger partial charge in [0.15, 0.2) is 0 Å². The van der Waals surface area contributed by atoms with Crippen molar-refractivity contribution in [2.24, 2.45) is 0 Å². The van der Waals surface area contributed by atoms with Crippen molar-refractivity contribution in [3.63, 3.8) is 0 Å². The van der Waals surface area contributed by atoms with Gasteiger partial charge in [-0.3, -0.25) is 4.79 Å². The Morgan fingerprint density at radius 3 is 1.93 bits per heavy atom. The monoisotopic (exact) mass is 218 g/mol. The fourth-order valence-corrected chi connectivity index (χ4v) is 1.44. The summed E-state index contributed by atoms with van der Waals surface area (Å²) in [6.07, 6.45) is -4.88. The molecule has 82 valence electrons.